The minimum atomic E-state index is 0.0807. The van der Waals surface area contributed by atoms with E-state index in [1.54, 1.807) is 19.2 Å². The van der Waals surface area contributed by atoms with Gasteiger partial charge in [0.2, 0.25) is 0 Å². The zero-order valence-corrected chi connectivity index (χ0v) is 7.90. The summed E-state index contributed by atoms with van der Waals surface area (Å²) in [5.41, 5.74) is 0.519. The van der Waals surface area contributed by atoms with Gasteiger partial charge in [0.05, 0.1) is 19.6 Å². The fourth-order valence-corrected chi connectivity index (χ4v) is 1.34. The van der Waals surface area contributed by atoms with Gasteiger partial charge in [0.25, 0.3) is 0 Å². The Labute approximate surface area is 80.7 Å². The smallest absolute Gasteiger partial charge is 0.179 e. The van der Waals surface area contributed by atoms with Crippen LogP contribution in [0, 0.1) is 0 Å². The fraction of sp³-hybridized carbons (Fsp3) is 0.200. The van der Waals surface area contributed by atoms with Crippen LogP contribution in [0.4, 0.5) is 0 Å². The molecule has 0 fully saturated rings. The number of fused-ring (bicyclic) bond motifs is 1. The van der Waals surface area contributed by atoms with E-state index >= 15 is 0 Å². The van der Waals surface area contributed by atoms with Gasteiger partial charge < -0.3 is 19.0 Å². The number of ether oxygens (including phenoxy) is 2. The van der Waals surface area contributed by atoms with Gasteiger partial charge in [-0.1, -0.05) is 0 Å². The van der Waals surface area contributed by atoms with E-state index in [1.165, 1.54) is 13.4 Å². The van der Waals surface area contributed by atoms with Crippen molar-refractivity contribution in [3.8, 4) is 17.2 Å². The predicted molar refractivity (Wildman–Crippen MR) is 51.0 cm³/mol. The number of furan rings is 1. The van der Waals surface area contributed by atoms with Crippen LogP contribution in [-0.4, -0.2) is 19.3 Å². The average molecular weight is 194 g/mol. The molecule has 4 heteroatoms. The molecule has 0 aliphatic rings. The largest absolute Gasteiger partial charge is 0.504 e. The van der Waals surface area contributed by atoms with Crippen LogP contribution in [0.5, 0.6) is 17.2 Å². The molecule has 1 aromatic heterocycles. The van der Waals surface area contributed by atoms with Crippen LogP contribution in [0.15, 0.2) is 22.8 Å². The molecule has 2 rings (SSSR count). The standard InChI is InChI=1S/C10H10O4/c1-12-6-3-7-8(11)5-14-10(7)9(4-6)13-2/h3-5,11H,1-2H3. The summed E-state index contributed by atoms with van der Waals surface area (Å²) in [5, 5.41) is 10.0. The second kappa shape index (κ2) is 3.14. The van der Waals surface area contributed by atoms with Crippen LogP contribution in [0.2, 0.25) is 0 Å². The zero-order chi connectivity index (χ0) is 10.1. The Morgan fingerprint density at radius 2 is 2.00 bits per heavy atom. The second-order valence-electron chi connectivity index (χ2n) is 2.83. The van der Waals surface area contributed by atoms with E-state index in [1.807, 2.05) is 0 Å². The summed E-state index contributed by atoms with van der Waals surface area (Å²) in [4.78, 5) is 0. The molecule has 14 heavy (non-hydrogen) atoms. The van der Waals surface area contributed by atoms with Crippen LogP contribution >= 0.6 is 0 Å². The van der Waals surface area contributed by atoms with E-state index in [-0.39, 0.29) is 5.75 Å². The Morgan fingerprint density at radius 3 is 2.64 bits per heavy atom. The third-order valence-corrected chi connectivity index (χ3v) is 2.05. The van der Waals surface area contributed by atoms with E-state index in [2.05, 4.69) is 0 Å². The van der Waals surface area contributed by atoms with Crippen molar-refractivity contribution in [3.63, 3.8) is 0 Å². The Bertz CT molecular complexity index is 458. The second-order valence-corrected chi connectivity index (χ2v) is 2.83. The number of methoxy groups -OCH3 is 2. The normalized spacial score (nSPS) is 10.4. The summed E-state index contributed by atoms with van der Waals surface area (Å²) in [6.45, 7) is 0. The summed E-state index contributed by atoms with van der Waals surface area (Å²) in [6, 6.07) is 3.39. The highest BCUT2D eigenvalue weighted by Gasteiger charge is 2.11. The maximum absolute atomic E-state index is 9.45. The Morgan fingerprint density at radius 1 is 1.21 bits per heavy atom. The fourth-order valence-electron chi connectivity index (χ4n) is 1.34. The lowest BCUT2D eigenvalue weighted by Crippen LogP contribution is -1.86. The van der Waals surface area contributed by atoms with Crippen LogP contribution < -0.4 is 9.47 Å². The maximum atomic E-state index is 9.45. The molecule has 74 valence electrons. The summed E-state index contributed by atoms with van der Waals surface area (Å²) in [6.07, 6.45) is 1.27. The van der Waals surface area contributed by atoms with Gasteiger partial charge in [-0.2, -0.15) is 0 Å². The molecule has 0 bridgehead atoms. The summed E-state index contributed by atoms with van der Waals surface area (Å²) < 4.78 is 15.3. The van der Waals surface area contributed by atoms with Crippen LogP contribution in [0.3, 0.4) is 0 Å². The van der Waals surface area contributed by atoms with Crippen LogP contribution in [0.25, 0.3) is 11.0 Å². The van der Waals surface area contributed by atoms with Gasteiger partial charge in [-0.05, 0) is 6.07 Å². The van der Waals surface area contributed by atoms with E-state index in [0.29, 0.717) is 22.5 Å². The molecule has 2 aromatic rings. The lowest BCUT2D eigenvalue weighted by Gasteiger charge is -2.04. The van der Waals surface area contributed by atoms with Crippen molar-refractivity contribution in [1.29, 1.82) is 0 Å². The topological polar surface area (TPSA) is 51.8 Å². The molecule has 1 heterocycles. The Balaban J connectivity index is 2.76. The van der Waals surface area contributed by atoms with Crippen molar-refractivity contribution in [1.82, 2.24) is 0 Å². The molecule has 0 saturated heterocycles. The van der Waals surface area contributed by atoms with Crippen LogP contribution in [0.1, 0.15) is 0 Å². The number of hydrogen-bond acceptors (Lipinski definition) is 4. The molecular weight excluding hydrogens is 184 g/mol. The van der Waals surface area contributed by atoms with E-state index in [4.69, 9.17) is 13.9 Å². The van der Waals surface area contributed by atoms with Crippen molar-refractivity contribution in [2.24, 2.45) is 0 Å². The van der Waals surface area contributed by atoms with Gasteiger partial charge in [-0.15, -0.1) is 0 Å². The van der Waals surface area contributed by atoms with Gasteiger partial charge in [-0.3, -0.25) is 0 Å². The Hall–Kier alpha value is -1.84. The van der Waals surface area contributed by atoms with Gasteiger partial charge >= 0.3 is 0 Å². The van der Waals surface area contributed by atoms with Crippen molar-refractivity contribution < 1.29 is 19.0 Å². The maximum Gasteiger partial charge on any atom is 0.179 e. The summed E-state index contributed by atoms with van der Waals surface area (Å²) in [7, 11) is 3.09. The van der Waals surface area contributed by atoms with Crippen molar-refractivity contribution in [3.05, 3.63) is 18.4 Å². The summed E-state index contributed by atoms with van der Waals surface area (Å²) in [5.74, 6) is 1.24. The van der Waals surface area contributed by atoms with Crippen molar-refractivity contribution in [2.75, 3.05) is 14.2 Å². The lowest BCUT2D eigenvalue weighted by molar-refractivity contribution is 0.392. The van der Waals surface area contributed by atoms with Crippen molar-refractivity contribution >= 4 is 11.0 Å². The first kappa shape index (κ1) is 8.74. The highest BCUT2D eigenvalue weighted by atomic mass is 16.5. The lowest BCUT2D eigenvalue weighted by atomic mass is 10.2. The highest BCUT2D eigenvalue weighted by Crippen LogP contribution is 2.37. The summed E-state index contributed by atoms with van der Waals surface area (Å²) >= 11 is 0. The first-order valence-electron chi connectivity index (χ1n) is 4.08. The number of aromatic hydroxyl groups is 1. The monoisotopic (exact) mass is 194 g/mol. The average Bonchev–Trinajstić information content (AvgIpc) is 2.59. The molecule has 0 radical (unpaired) electrons. The molecule has 0 atom stereocenters. The quantitative estimate of drug-likeness (QED) is 0.795. The predicted octanol–water partition coefficient (Wildman–Crippen LogP) is 2.16. The van der Waals surface area contributed by atoms with Gasteiger partial charge in [0, 0.05) is 6.07 Å². The zero-order valence-electron chi connectivity index (χ0n) is 7.90. The minimum Gasteiger partial charge on any atom is -0.504 e. The molecular formula is C10H10O4. The third kappa shape index (κ3) is 1.16. The minimum absolute atomic E-state index is 0.0807. The molecule has 0 amide bonds. The van der Waals surface area contributed by atoms with Gasteiger partial charge in [0.1, 0.15) is 12.0 Å². The third-order valence-electron chi connectivity index (χ3n) is 2.05. The first-order chi connectivity index (χ1) is 6.76. The van der Waals surface area contributed by atoms with Gasteiger partial charge in [-0.25, -0.2) is 0 Å². The molecule has 4 nitrogen and oxygen atoms in total. The number of rotatable bonds is 2. The van der Waals surface area contributed by atoms with Crippen molar-refractivity contribution in [2.45, 2.75) is 0 Å². The molecule has 1 aromatic carbocycles. The molecule has 0 unspecified atom stereocenters. The highest BCUT2D eigenvalue weighted by molar-refractivity contribution is 5.89. The SMILES string of the molecule is COc1cc(OC)c2occ(O)c2c1. The number of hydrogen-bond donors (Lipinski definition) is 1. The van der Waals surface area contributed by atoms with Crippen LogP contribution in [-0.2, 0) is 0 Å². The molecule has 1 N–H and O–H groups in total. The molecule has 0 saturated carbocycles. The van der Waals surface area contributed by atoms with E-state index in [9.17, 15) is 5.11 Å². The number of benzene rings is 1. The van der Waals surface area contributed by atoms with E-state index in [0.717, 1.165) is 0 Å². The molecule has 0 spiro atoms. The molecule has 0 aliphatic heterocycles. The first-order valence-corrected chi connectivity index (χ1v) is 4.08. The molecule has 0 aliphatic carbocycles. The van der Waals surface area contributed by atoms with Gasteiger partial charge in [0.15, 0.2) is 17.1 Å². The Kier molecular flexibility index (Phi) is 1.96. The van der Waals surface area contributed by atoms with E-state index < -0.39 is 0 Å².